The average molecular weight is 361 g/mol. The Morgan fingerprint density at radius 3 is 2.96 bits per heavy atom. The van der Waals surface area contributed by atoms with E-state index in [1.807, 2.05) is 12.4 Å². The van der Waals surface area contributed by atoms with Gasteiger partial charge in [0.1, 0.15) is 6.54 Å². The molecule has 3 N–H and O–H groups in total. The van der Waals surface area contributed by atoms with Crippen molar-refractivity contribution in [3.8, 4) is 0 Å². The van der Waals surface area contributed by atoms with E-state index in [9.17, 15) is 4.79 Å². The fraction of sp³-hybridized carbons (Fsp3) is 0.789. The van der Waals surface area contributed by atoms with Crippen molar-refractivity contribution in [1.29, 1.82) is 0 Å². The summed E-state index contributed by atoms with van der Waals surface area (Å²) >= 11 is 0. The second kappa shape index (κ2) is 8.39. The van der Waals surface area contributed by atoms with Crippen molar-refractivity contribution < 1.29 is 9.53 Å². The van der Waals surface area contributed by atoms with Gasteiger partial charge in [0, 0.05) is 30.9 Å². The summed E-state index contributed by atoms with van der Waals surface area (Å²) in [6.45, 7) is 2.87. The van der Waals surface area contributed by atoms with Crippen molar-refractivity contribution in [3.63, 3.8) is 0 Å². The van der Waals surface area contributed by atoms with Gasteiger partial charge < -0.3 is 20.7 Å². The lowest BCUT2D eigenvalue weighted by atomic mass is 9.94. The lowest BCUT2D eigenvalue weighted by Crippen LogP contribution is -2.49. The van der Waals surface area contributed by atoms with Crippen LogP contribution in [0.3, 0.4) is 0 Å². The van der Waals surface area contributed by atoms with Crippen molar-refractivity contribution in [2.24, 2.45) is 5.92 Å². The van der Waals surface area contributed by atoms with Crippen LogP contribution in [0.5, 0.6) is 0 Å². The maximum atomic E-state index is 12.2. The minimum Gasteiger partial charge on any atom is -0.379 e. The second-order valence-corrected chi connectivity index (χ2v) is 7.96. The monoisotopic (exact) mass is 361 g/mol. The standard InChI is InChI=1S/C19H31N5O2/c25-19(23-14-4-1-2-5-14)12-24-11-15(10-21-24)22-17-7-3-6-16(17)18-13-26-9-8-20-18/h10-11,14,16-18,20,22H,1-9,12-13H2,(H,23,25). The number of aromatic nitrogens is 2. The lowest BCUT2D eigenvalue weighted by Gasteiger charge is -2.33. The average Bonchev–Trinajstić information content (AvgIpc) is 3.39. The predicted molar refractivity (Wildman–Crippen MR) is 100.0 cm³/mol. The molecule has 7 heteroatoms. The highest BCUT2D eigenvalue weighted by molar-refractivity contribution is 5.76. The number of carbonyl (C=O) groups is 1. The molecular formula is C19H31N5O2. The lowest BCUT2D eigenvalue weighted by molar-refractivity contribution is -0.122. The maximum absolute atomic E-state index is 12.2. The second-order valence-electron chi connectivity index (χ2n) is 7.96. The third-order valence-corrected chi connectivity index (χ3v) is 6.05. The number of ether oxygens (including phenoxy) is 1. The number of morpholine rings is 1. The molecule has 26 heavy (non-hydrogen) atoms. The molecule has 2 aliphatic carbocycles. The summed E-state index contributed by atoms with van der Waals surface area (Å²) in [5.41, 5.74) is 1.01. The van der Waals surface area contributed by atoms with Gasteiger partial charge in [-0.3, -0.25) is 9.48 Å². The number of amides is 1. The van der Waals surface area contributed by atoms with E-state index in [0.29, 0.717) is 30.6 Å². The Kier molecular flexibility index (Phi) is 5.75. The smallest absolute Gasteiger partial charge is 0.241 e. The van der Waals surface area contributed by atoms with Gasteiger partial charge in [-0.1, -0.05) is 19.3 Å². The first kappa shape index (κ1) is 17.8. The third kappa shape index (κ3) is 4.38. The van der Waals surface area contributed by atoms with Gasteiger partial charge in [-0.15, -0.1) is 0 Å². The summed E-state index contributed by atoms with van der Waals surface area (Å²) in [4.78, 5) is 12.2. The molecule has 1 aromatic rings. The molecule has 0 bridgehead atoms. The minimum absolute atomic E-state index is 0.0637. The number of hydrogen-bond donors (Lipinski definition) is 3. The number of rotatable bonds is 6. The van der Waals surface area contributed by atoms with Gasteiger partial charge in [0.05, 0.1) is 25.1 Å². The van der Waals surface area contributed by atoms with Crippen LogP contribution in [-0.4, -0.2) is 53.6 Å². The first-order valence-electron chi connectivity index (χ1n) is 10.2. The van der Waals surface area contributed by atoms with Crippen LogP contribution in [-0.2, 0) is 16.1 Å². The highest BCUT2D eigenvalue weighted by Gasteiger charge is 2.34. The van der Waals surface area contributed by atoms with Crippen LogP contribution in [0.4, 0.5) is 5.69 Å². The van der Waals surface area contributed by atoms with Gasteiger partial charge in [-0.05, 0) is 31.6 Å². The summed E-state index contributed by atoms with van der Waals surface area (Å²) in [6.07, 6.45) is 12.1. The molecule has 1 amide bonds. The van der Waals surface area contributed by atoms with E-state index in [2.05, 4.69) is 21.0 Å². The SMILES string of the molecule is O=C(Cn1cc(NC2CCCC2C2COCCN2)cn1)NC1CCCC1. The summed E-state index contributed by atoms with van der Waals surface area (Å²) in [6, 6.07) is 1.25. The zero-order chi connectivity index (χ0) is 17.8. The Bertz CT molecular complexity index is 593. The Morgan fingerprint density at radius 2 is 2.15 bits per heavy atom. The molecule has 3 unspecified atom stereocenters. The van der Waals surface area contributed by atoms with Crippen LogP contribution in [0.1, 0.15) is 44.9 Å². The zero-order valence-electron chi connectivity index (χ0n) is 15.5. The molecule has 2 saturated carbocycles. The van der Waals surface area contributed by atoms with E-state index in [1.54, 1.807) is 4.68 Å². The molecule has 144 valence electrons. The molecule has 1 aliphatic heterocycles. The highest BCUT2D eigenvalue weighted by Crippen LogP contribution is 2.31. The molecule has 0 spiro atoms. The van der Waals surface area contributed by atoms with E-state index in [-0.39, 0.29) is 5.91 Å². The van der Waals surface area contributed by atoms with E-state index in [1.165, 1.54) is 32.1 Å². The number of nitrogens with zero attached hydrogens (tertiary/aromatic N) is 2. The minimum atomic E-state index is 0.0637. The van der Waals surface area contributed by atoms with Crippen molar-refractivity contribution >= 4 is 11.6 Å². The Hall–Kier alpha value is -1.60. The van der Waals surface area contributed by atoms with Crippen molar-refractivity contribution in [1.82, 2.24) is 20.4 Å². The fourth-order valence-corrected chi connectivity index (χ4v) is 4.74. The molecular weight excluding hydrogens is 330 g/mol. The first-order valence-corrected chi connectivity index (χ1v) is 10.2. The Balaban J connectivity index is 1.29. The highest BCUT2D eigenvalue weighted by atomic mass is 16.5. The molecule has 1 aromatic heterocycles. The van der Waals surface area contributed by atoms with Gasteiger partial charge in [-0.2, -0.15) is 5.10 Å². The van der Waals surface area contributed by atoms with Crippen molar-refractivity contribution in [3.05, 3.63) is 12.4 Å². The van der Waals surface area contributed by atoms with Crippen LogP contribution in [0, 0.1) is 5.92 Å². The molecule has 3 atom stereocenters. The molecule has 0 aromatic carbocycles. The van der Waals surface area contributed by atoms with Crippen molar-refractivity contribution in [2.45, 2.75) is 69.6 Å². The molecule has 7 nitrogen and oxygen atoms in total. The van der Waals surface area contributed by atoms with Crippen LogP contribution >= 0.6 is 0 Å². The number of carbonyl (C=O) groups excluding carboxylic acids is 1. The van der Waals surface area contributed by atoms with Crippen LogP contribution in [0.15, 0.2) is 12.4 Å². The fourth-order valence-electron chi connectivity index (χ4n) is 4.74. The number of anilines is 1. The molecule has 3 fully saturated rings. The van der Waals surface area contributed by atoms with Gasteiger partial charge in [0.25, 0.3) is 0 Å². The van der Waals surface area contributed by atoms with E-state index in [4.69, 9.17) is 4.74 Å². The molecule has 1 saturated heterocycles. The zero-order valence-corrected chi connectivity index (χ0v) is 15.5. The molecule has 2 heterocycles. The topological polar surface area (TPSA) is 80.2 Å². The maximum Gasteiger partial charge on any atom is 0.241 e. The summed E-state index contributed by atoms with van der Waals surface area (Å²) < 4.78 is 7.38. The van der Waals surface area contributed by atoms with E-state index >= 15 is 0 Å². The Morgan fingerprint density at radius 1 is 1.27 bits per heavy atom. The van der Waals surface area contributed by atoms with E-state index in [0.717, 1.165) is 38.3 Å². The molecule has 0 radical (unpaired) electrons. The Labute approximate surface area is 155 Å². The van der Waals surface area contributed by atoms with Gasteiger partial charge in [0.2, 0.25) is 5.91 Å². The first-order chi connectivity index (χ1) is 12.8. The van der Waals surface area contributed by atoms with Crippen LogP contribution in [0.2, 0.25) is 0 Å². The largest absolute Gasteiger partial charge is 0.379 e. The van der Waals surface area contributed by atoms with E-state index < -0.39 is 0 Å². The van der Waals surface area contributed by atoms with Gasteiger partial charge in [0.15, 0.2) is 0 Å². The molecule has 4 rings (SSSR count). The van der Waals surface area contributed by atoms with Crippen LogP contribution < -0.4 is 16.0 Å². The van der Waals surface area contributed by atoms with Crippen molar-refractivity contribution in [2.75, 3.05) is 25.1 Å². The quantitative estimate of drug-likeness (QED) is 0.716. The molecule has 3 aliphatic rings. The van der Waals surface area contributed by atoms with Gasteiger partial charge in [-0.25, -0.2) is 0 Å². The summed E-state index contributed by atoms with van der Waals surface area (Å²) in [7, 11) is 0. The number of nitrogens with one attached hydrogen (secondary N) is 3. The van der Waals surface area contributed by atoms with Gasteiger partial charge >= 0.3 is 0 Å². The summed E-state index contributed by atoms with van der Waals surface area (Å²) in [5, 5.41) is 14.7. The predicted octanol–water partition coefficient (Wildman–Crippen LogP) is 1.51. The third-order valence-electron chi connectivity index (χ3n) is 6.05. The summed E-state index contributed by atoms with van der Waals surface area (Å²) in [5.74, 6) is 0.651. The van der Waals surface area contributed by atoms with Crippen LogP contribution in [0.25, 0.3) is 0 Å². The normalized spacial score (nSPS) is 29.8. The number of hydrogen-bond acceptors (Lipinski definition) is 5.